The Bertz CT molecular complexity index is 785. The summed E-state index contributed by atoms with van der Waals surface area (Å²) in [5.41, 5.74) is 3.03. The lowest BCUT2D eigenvalue weighted by atomic mass is 10.1. The summed E-state index contributed by atoms with van der Waals surface area (Å²) in [6.45, 7) is 2.22. The van der Waals surface area contributed by atoms with Gasteiger partial charge in [0.25, 0.3) is 0 Å². The first-order valence-electron chi connectivity index (χ1n) is 7.83. The summed E-state index contributed by atoms with van der Waals surface area (Å²) >= 11 is 0. The first-order valence-corrected chi connectivity index (χ1v) is 7.83. The summed E-state index contributed by atoms with van der Waals surface area (Å²) < 4.78 is 0. The summed E-state index contributed by atoms with van der Waals surface area (Å²) in [6, 6.07) is 7.36. The number of hydrogen-bond donors (Lipinski definition) is 2. The molecule has 0 unspecified atom stereocenters. The molecule has 1 saturated heterocycles. The standard InChI is InChI=1S/C18H19N3O3/c1-12-18(24)16(13(11-22)9-19-12)10-20-14-4-6-15(7-5-14)21-8-2-3-17(21)23/h4-7,9-10,22,24H,2-3,8,11H2,1H3. The molecule has 1 aliphatic heterocycles. The molecule has 3 rings (SSSR count). The average molecular weight is 325 g/mol. The lowest BCUT2D eigenvalue weighted by Crippen LogP contribution is -2.23. The Balaban J connectivity index is 1.83. The molecule has 124 valence electrons. The van der Waals surface area contributed by atoms with Gasteiger partial charge in [0.1, 0.15) is 5.75 Å². The van der Waals surface area contributed by atoms with Crippen molar-refractivity contribution in [2.45, 2.75) is 26.4 Å². The number of anilines is 1. The topological polar surface area (TPSA) is 86.0 Å². The van der Waals surface area contributed by atoms with E-state index >= 15 is 0 Å². The van der Waals surface area contributed by atoms with Crippen LogP contribution < -0.4 is 4.90 Å². The number of pyridine rings is 1. The molecule has 1 aromatic heterocycles. The highest BCUT2D eigenvalue weighted by molar-refractivity contribution is 5.95. The van der Waals surface area contributed by atoms with Crippen LogP contribution in [0.1, 0.15) is 29.7 Å². The molecule has 1 aliphatic rings. The van der Waals surface area contributed by atoms with Gasteiger partial charge in [0, 0.05) is 42.2 Å². The molecule has 0 radical (unpaired) electrons. The largest absolute Gasteiger partial charge is 0.505 e. The van der Waals surface area contributed by atoms with E-state index in [4.69, 9.17) is 0 Å². The van der Waals surface area contributed by atoms with E-state index in [1.807, 2.05) is 24.3 Å². The second kappa shape index (κ2) is 6.80. The van der Waals surface area contributed by atoms with Crippen LogP contribution in [0.2, 0.25) is 0 Å². The molecule has 1 aromatic carbocycles. The van der Waals surface area contributed by atoms with E-state index in [0.29, 0.717) is 28.9 Å². The molecule has 2 aromatic rings. The Morgan fingerprint density at radius 2 is 2.08 bits per heavy atom. The molecular weight excluding hydrogens is 306 g/mol. The Kier molecular flexibility index (Phi) is 4.57. The quantitative estimate of drug-likeness (QED) is 0.846. The maximum Gasteiger partial charge on any atom is 0.227 e. The van der Waals surface area contributed by atoms with Gasteiger partial charge in [-0.15, -0.1) is 0 Å². The number of aliphatic hydroxyl groups excluding tert-OH is 1. The van der Waals surface area contributed by atoms with Crippen molar-refractivity contribution in [3.63, 3.8) is 0 Å². The van der Waals surface area contributed by atoms with Crippen molar-refractivity contribution in [2.75, 3.05) is 11.4 Å². The lowest BCUT2D eigenvalue weighted by Gasteiger charge is -2.15. The van der Waals surface area contributed by atoms with E-state index in [0.717, 1.165) is 18.7 Å². The molecule has 6 nitrogen and oxygen atoms in total. The van der Waals surface area contributed by atoms with Crippen molar-refractivity contribution in [3.05, 3.63) is 47.3 Å². The van der Waals surface area contributed by atoms with Crippen LogP contribution in [0.4, 0.5) is 11.4 Å². The lowest BCUT2D eigenvalue weighted by molar-refractivity contribution is -0.117. The van der Waals surface area contributed by atoms with Crippen LogP contribution in [0.5, 0.6) is 5.75 Å². The van der Waals surface area contributed by atoms with Gasteiger partial charge in [-0.05, 0) is 37.6 Å². The van der Waals surface area contributed by atoms with Gasteiger partial charge in [-0.25, -0.2) is 0 Å². The highest BCUT2D eigenvalue weighted by Crippen LogP contribution is 2.26. The number of nitrogens with zero attached hydrogens (tertiary/aromatic N) is 3. The first-order chi connectivity index (χ1) is 11.6. The molecule has 0 bridgehead atoms. The number of aryl methyl sites for hydroxylation is 1. The minimum Gasteiger partial charge on any atom is -0.505 e. The van der Waals surface area contributed by atoms with Crippen LogP contribution in [0, 0.1) is 6.92 Å². The smallest absolute Gasteiger partial charge is 0.227 e. The number of benzene rings is 1. The molecule has 24 heavy (non-hydrogen) atoms. The summed E-state index contributed by atoms with van der Waals surface area (Å²) in [6.07, 6.45) is 4.54. The number of aromatic hydroxyl groups is 1. The highest BCUT2D eigenvalue weighted by Gasteiger charge is 2.21. The van der Waals surface area contributed by atoms with Crippen molar-refractivity contribution in [1.82, 2.24) is 4.98 Å². The van der Waals surface area contributed by atoms with E-state index in [1.165, 1.54) is 12.4 Å². The van der Waals surface area contributed by atoms with Gasteiger partial charge in [0.15, 0.2) is 0 Å². The molecule has 2 heterocycles. The Hall–Kier alpha value is -2.73. The zero-order valence-electron chi connectivity index (χ0n) is 13.4. The normalized spacial score (nSPS) is 14.8. The fourth-order valence-corrected chi connectivity index (χ4v) is 2.70. The van der Waals surface area contributed by atoms with Gasteiger partial charge >= 0.3 is 0 Å². The van der Waals surface area contributed by atoms with Gasteiger partial charge < -0.3 is 15.1 Å². The van der Waals surface area contributed by atoms with Crippen molar-refractivity contribution in [2.24, 2.45) is 4.99 Å². The number of carbonyl (C=O) groups is 1. The van der Waals surface area contributed by atoms with Gasteiger partial charge in [0.05, 0.1) is 18.0 Å². The minimum atomic E-state index is -0.224. The predicted molar refractivity (Wildman–Crippen MR) is 91.8 cm³/mol. The molecule has 1 amide bonds. The molecule has 0 aliphatic carbocycles. The number of aromatic nitrogens is 1. The molecule has 2 N–H and O–H groups in total. The monoisotopic (exact) mass is 325 g/mol. The van der Waals surface area contributed by atoms with Crippen molar-refractivity contribution >= 4 is 23.5 Å². The van der Waals surface area contributed by atoms with E-state index < -0.39 is 0 Å². The summed E-state index contributed by atoms with van der Waals surface area (Å²) in [7, 11) is 0. The number of aliphatic hydroxyl groups is 1. The average Bonchev–Trinajstić information content (AvgIpc) is 3.02. The van der Waals surface area contributed by atoms with Crippen LogP contribution in [0.15, 0.2) is 35.5 Å². The zero-order valence-corrected chi connectivity index (χ0v) is 13.4. The number of amides is 1. The van der Waals surface area contributed by atoms with Gasteiger partial charge in [0.2, 0.25) is 5.91 Å². The maximum atomic E-state index is 11.7. The second-order valence-electron chi connectivity index (χ2n) is 5.71. The molecule has 0 spiro atoms. The third-order valence-electron chi connectivity index (χ3n) is 4.11. The summed E-state index contributed by atoms with van der Waals surface area (Å²) in [4.78, 5) is 21.9. The van der Waals surface area contributed by atoms with Crippen LogP contribution in [-0.2, 0) is 11.4 Å². The van der Waals surface area contributed by atoms with Crippen LogP contribution >= 0.6 is 0 Å². The highest BCUT2D eigenvalue weighted by atomic mass is 16.3. The fraction of sp³-hybridized carbons (Fsp3) is 0.278. The zero-order chi connectivity index (χ0) is 17.1. The van der Waals surface area contributed by atoms with Crippen LogP contribution in [0.3, 0.4) is 0 Å². The summed E-state index contributed by atoms with van der Waals surface area (Å²) in [5, 5.41) is 19.5. The van der Waals surface area contributed by atoms with E-state index in [1.54, 1.807) is 11.8 Å². The SMILES string of the molecule is Cc1ncc(CO)c(C=Nc2ccc(N3CCCC3=O)cc2)c1O. The van der Waals surface area contributed by atoms with Gasteiger partial charge in [-0.1, -0.05) is 0 Å². The predicted octanol–water partition coefficient (Wildman–Crippen LogP) is 2.47. The van der Waals surface area contributed by atoms with Crippen molar-refractivity contribution < 1.29 is 15.0 Å². The Morgan fingerprint density at radius 1 is 1.33 bits per heavy atom. The number of aliphatic imine (C=N–C) groups is 1. The maximum absolute atomic E-state index is 11.7. The van der Waals surface area contributed by atoms with Crippen LogP contribution in [-0.4, -0.2) is 33.9 Å². The van der Waals surface area contributed by atoms with Gasteiger partial charge in [-0.2, -0.15) is 0 Å². The molecule has 1 fully saturated rings. The molecular formula is C18H19N3O3. The molecule has 0 atom stereocenters. The summed E-state index contributed by atoms with van der Waals surface area (Å²) in [5.74, 6) is 0.167. The van der Waals surface area contributed by atoms with E-state index in [9.17, 15) is 15.0 Å². The second-order valence-corrected chi connectivity index (χ2v) is 5.71. The first kappa shape index (κ1) is 16.1. The fourth-order valence-electron chi connectivity index (χ4n) is 2.70. The van der Waals surface area contributed by atoms with E-state index in [-0.39, 0.29) is 18.3 Å². The van der Waals surface area contributed by atoms with Crippen LogP contribution in [0.25, 0.3) is 0 Å². The number of rotatable bonds is 4. The number of carbonyl (C=O) groups excluding carboxylic acids is 1. The minimum absolute atomic E-state index is 0.0181. The third-order valence-corrected chi connectivity index (χ3v) is 4.11. The number of hydrogen-bond acceptors (Lipinski definition) is 5. The van der Waals surface area contributed by atoms with E-state index in [2.05, 4.69) is 9.98 Å². The van der Waals surface area contributed by atoms with Crippen molar-refractivity contribution in [1.29, 1.82) is 0 Å². The van der Waals surface area contributed by atoms with Gasteiger partial charge in [-0.3, -0.25) is 14.8 Å². The molecule has 6 heteroatoms. The molecule has 0 saturated carbocycles. The Morgan fingerprint density at radius 3 is 2.71 bits per heavy atom. The van der Waals surface area contributed by atoms with Crippen molar-refractivity contribution in [3.8, 4) is 5.75 Å². The third kappa shape index (κ3) is 3.14. The Labute approximate surface area is 140 Å².